The standard InChI is InChI=1S/C9H9FN4/c10-7-3-1-6(2-4-7)8(11)9-12-5-13-14-9/h1-5,8H,11H2,(H,12,13,14)/t8-/m0/s1. The molecule has 4 nitrogen and oxygen atoms in total. The van der Waals surface area contributed by atoms with Crippen LogP contribution in [-0.2, 0) is 0 Å². The number of H-pyrrole nitrogens is 1. The van der Waals surface area contributed by atoms with Crippen molar-refractivity contribution in [2.75, 3.05) is 0 Å². The van der Waals surface area contributed by atoms with Crippen molar-refractivity contribution in [3.8, 4) is 0 Å². The molecular formula is C9H9FN4. The maximum Gasteiger partial charge on any atom is 0.145 e. The molecule has 0 radical (unpaired) electrons. The normalized spacial score (nSPS) is 12.7. The predicted octanol–water partition coefficient (Wildman–Crippen LogP) is 0.992. The number of rotatable bonds is 2. The fraction of sp³-hybridized carbons (Fsp3) is 0.111. The summed E-state index contributed by atoms with van der Waals surface area (Å²) in [4.78, 5) is 3.93. The van der Waals surface area contributed by atoms with Crippen LogP contribution in [-0.4, -0.2) is 15.2 Å². The summed E-state index contributed by atoms with van der Waals surface area (Å²) in [6, 6.07) is 5.60. The van der Waals surface area contributed by atoms with Crippen LogP contribution in [0.1, 0.15) is 17.4 Å². The van der Waals surface area contributed by atoms with Crippen molar-refractivity contribution in [1.29, 1.82) is 0 Å². The van der Waals surface area contributed by atoms with Gasteiger partial charge >= 0.3 is 0 Å². The molecule has 0 aliphatic carbocycles. The highest BCUT2D eigenvalue weighted by Gasteiger charge is 2.10. The molecule has 14 heavy (non-hydrogen) atoms. The first-order valence-corrected chi connectivity index (χ1v) is 4.13. The molecule has 0 saturated carbocycles. The van der Waals surface area contributed by atoms with Crippen LogP contribution in [0.5, 0.6) is 0 Å². The fourth-order valence-corrected chi connectivity index (χ4v) is 1.19. The van der Waals surface area contributed by atoms with E-state index < -0.39 is 6.04 Å². The van der Waals surface area contributed by atoms with E-state index in [1.165, 1.54) is 18.5 Å². The lowest BCUT2D eigenvalue weighted by Crippen LogP contribution is -2.13. The molecular weight excluding hydrogens is 183 g/mol. The van der Waals surface area contributed by atoms with Crippen molar-refractivity contribution in [2.45, 2.75) is 6.04 Å². The molecule has 2 aromatic rings. The zero-order valence-electron chi connectivity index (χ0n) is 7.31. The van der Waals surface area contributed by atoms with E-state index in [1.807, 2.05) is 0 Å². The highest BCUT2D eigenvalue weighted by molar-refractivity contribution is 5.24. The minimum atomic E-state index is -0.391. The number of hydrogen-bond donors (Lipinski definition) is 2. The van der Waals surface area contributed by atoms with Crippen LogP contribution >= 0.6 is 0 Å². The van der Waals surface area contributed by atoms with E-state index in [4.69, 9.17) is 5.73 Å². The molecule has 0 saturated heterocycles. The summed E-state index contributed by atoms with van der Waals surface area (Å²) in [6.07, 6.45) is 1.39. The fourth-order valence-electron chi connectivity index (χ4n) is 1.19. The average molecular weight is 192 g/mol. The Kier molecular flexibility index (Phi) is 2.24. The number of nitrogens with zero attached hydrogens (tertiary/aromatic N) is 2. The third kappa shape index (κ3) is 1.62. The third-order valence-corrected chi connectivity index (χ3v) is 1.96. The number of hydrogen-bond acceptors (Lipinski definition) is 3. The number of aromatic amines is 1. The quantitative estimate of drug-likeness (QED) is 0.745. The van der Waals surface area contributed by atoms with Crippen LogP contribution in [0.3, 0.4) is 0 Å². The largest absolute Gasteiger partial charge is 0.318 e. The Hall–Kier alpha value is -1.75. The summed E-state index contributed by atoms with van der Waals surface area (Å²) in [5.41, 5.74) is 6.65. The van der Waals surface area contributed by atoms with E-state index >= 15 is 0 Å². The van der Waals surface area contributed by atoms with Gasteiger partial charge in [0.05, 0.1) is 6.04 Å². The molecule has 1 aromatic heterocycles. The van der Waals surface area contributed by atoms with Gasteiger partial charge in [-0.1, -0.05) is 12.1 Å². The van der Waals surface area contributed by atoms with E-state index in [0.717, 1.165) is 5.56 Å². The molecule has 1 heterocycles. The molecule has 72 valence electrons. The van der Waals surface area contributed by atoms with Crippen molar-refractivity contribution >= 4 is 0 Å². The van der Waals surface area contributed by atoms with Gasteiger partial charge < -0.3 is 5.73 Å². The van der Waals surface area contributed by atoms with E-state index in [0.29, 0.717) is 5.82 Å². The zero-order valence-corrected chi connectivity index (χ0v) is 7.31. The lowest BCUT2D eigenvalue weighted by Gasteiger charge is -2.07. The SMILES string of the molecule is N[C@@H](c1ccc(F)cc1)c1ncn[nH]1. The topological polar surface area (TPSA) is 67.6 Å². The summed E-state index contributed by atoms with van der Waals surface area (Å²) in [5.74, 6) is 0.287. The molecule has 1 aromatic carbocycles. The smallest absolute Gasteiger partial charge is 0.145 e. The van der Waals surface area contributed by atoms with Gasteiger partial charge in [-0.3, -0.25) is 5.10 Å². The maximum atomic E-state index is 12.6. The molecule has 0 unspecified atom stereocenters. The van der Waals surface area contributed by atoms with Gasteiger partial charge in [0, 0.05) is 0 Å². The Labute approximate surface area is 80.0 Å². The molecule has 0 bridgehead atoms. The molecule has 5 heteroatoms. The number of nitrogens with one attached hydrogen (secondary N) is 1. The summed E-state index contributed by atoms with van der Waals surface area (Å²) >= 11 is 0. The van der Waals surface area contributed by atoms with Crippen molar-refractivity contribution < 1.29 is 4.39 Å². The van der Waals surface area contributed by atoms with Crippen LogP contribution in [0.4, 0.5) is 4.39 Å². The summed E-state index contributed by atoms with van der Waals surface area (Å²) < 4.78 is 12.6. The first-order valence-electron chi connectivity index (χ1n) is 4.13. The van der Waals surface area contributed by atoms with Crippen molar-refractivity contribution in [3.63, 3.8) is 0 Å². The van der Waals surface area contributed by atoms with Crippen molar-refractivity contribution in [2.24, 2.45) is 5.73 Å². The van der Waals surface area contributed by atoms with Crippen LogP contribution in [0.2, 0.25) is 0 Å². The monoisotopic (exact) mass is 192 g/mol. The minimum Gasteiger partial charge on any atom is -0.318 e. The summed E-state index contributed by atoms with van der Waals surface area (Å²) in [5, 5.41) is 6.37. The molecule has 2 rings (SSSR count). The van der Waals surface area contributed by atoms with Gasteiger partial charge in [-0.2, -0.15) is 5.10 Å². The highest BCUT2D eigenvalue weighted by Crippen LogP contribution is 2.15. The highest BCUT2D eigenvalue weighted by atomic mass is 19.1. The van der Waals surface area contributed by atoms with Gasteiger partial charge in [0.25, 0.3) is 0 Å². The van der Waals surface area contributed by atoms with Crippen molar-refractivity contribution in [1.82, 2.24) is 15.2 Å². The van der Waals surface area contributed by atoms with Gasteiger partial charge in [0.1, 0.15) is 18.0 Å². The van der Waals surface area contributed by atoms with E-state index in [2.05, 4.69) is 15.2 Å². The Balaban J connectivity index is 2.28. The van der Waals surface area contributed by atoms with E-state index in [-0.39, 0.29) is 5.82 Å². The summed E-state index contributed by atoms with van der Waals surface area (Å²) in [6.45, 7) is 0. The summed E-state index contributed by atoms with van der Waals surface area (Å²) in [7, 11) is 0. The van der Waals surface area contributed by atoms with Crippen LogP contribution in [0, 0.1) is 5.82 Å². The van der Waals surface area contributed by atoms with Crippen LogP contribution in [0.25, 0.3) is 0 Å². The first kappa shape index (κ1) is 8.83. The van der Waals surface area contributed by atoms with Crippen LogP contribution in [0.15, 0.2) is 30.6 Å². The van der Waals surface area contributed by atoms with Gasteiger partial charge in [-0.05, 0) is 17.7 Å². The third-order valence-electron chi connectivity index (χ3n) is 1.96. The second-order valence-electron chi connectivity index (χ2n) is 2.90. The molecule has 1 atom stereocenters. The second-order valence-corrected chi connectivity index (χ2v) is 2.90. The Morgan fingerprint density at radius 2 is 2.00 bits per heavy atom. The van der Waals surface area contributed by atoms with E-state index in [1.54, 1.807) is 12.1 Å². The second kappa shape index (κ2) is 3.55. The van der Waals surface area contributed by atoms with Gasteiger partial charge in [0.15, 0.2) is 0 Å². The first-order chi connectivity index (χ1) is 6.77. The maximum absolute atomic E-state index is 12.6. The van der Waals surface area contributed by atoms with Crippen LogP contribution < -0.4 is 5.73 Å². The average Bonchev–Trinajstić information content (AvgIpc) is 2.71. The Morgan fingerprint density at radius 3 is 2.57 bits per heavy atom. The Morgan fingerprint density at radius 1 is 1.29 bits per heavy atom. The molecule has 0 aliphatic rings. The molecule has 0 amide bonds. The number of nitrogens with two attached hydrogens (primary N) is 1. The van der Waals surface area contributed by atoms with Gasteiger partial charge in [0.2, 0.25) is 0 Å². The van der Waals surface area contributed by atoms with Crippen molar-refractivity contribution in [3.05, 3.63) is 47.8 Å². The lowest BCUT2D eigenvalue weighted by atomic mass is 10.1. The van der Waals surface area contributed by atoms with Gasteiger partial charge in [-0.25, -0.2) is 9.37 Å². The predicted molar refractivity (Wildman–Crippen MR) is 48.8 cm³/mol. The van der Waals surface area contributed by atoms with E-state index in [9.17, 15) is 4.39 Å². The molecule has 0 aliphatic heterocycles. The minimum absolute atomic E-state index is 0.279. The molecule has 0 spiro atoms. The number of halogens is 1. The molecule has 0 fully saturated rings. The lowest BCUT2D eigenvalue weighted by molar-refractivity contribution is 0.626. The number of benzene rings is 1. The molecule has 3 N–H and O–H groups in total. The Bertz CT molecular complexity index is 395. The zero-order chi connectivity index (χ0) is 9.97. The number of aromatic nitrogens is 3. The van der Waals surface area contributed by atoms with Gasteiger partial charge in [-0.15, -0.1) is 0 Å².